The number of primary amides is 1. The number of likely N-dealkylation sites (N-methyl/N-ethyl adjacent to an activating group) is 1. The first-order chi connectivity index (χ1) is 7.49. The smallest absolute Gasteiger partial charge is 0.238 e. The molecule has 0 spiro atoms. The lowest BCUT2D eigenvalue weighted by Gasteiger charge is -2.39. The van der Waals surface area contributed by atoms with Gasteiger partial charge in [-0.15, -0.1) is 0 Å². The highest BCUT2D eigenvalue weighted by Gasteiger charge is 2.34. The van der Waals surface area contributed by atoms with Crippen molar-refractivity contribution in [2.24, 2.45) is 5.73 Å². The Bertz CT molecular complexity index is 247. The Labute approximate surface area is 97.3 Å². The first-order valence-corrected chi connectivity index (χ1v) is 5.86. The van der Waals surface area contributed by atoms with E-state index >= 15 is 0 Å². The molecule has 94 valence electrons. The van der Waals surface area contributed by atoms with E-state index < -0.39 is 5.54 Å². The lowest BCUT2D eigenvalue weighted by atomic mass is 9.99. The van der Waals surface area contributed by atoms with Crippen LogP contribution in [0.5, 0.6) is 0 Å². The molecule has 1 saturated heterocycles. The topological polar surface area (TPSA) is 67.6 Å². The van der Waals surface area contributed by atoms with Gasteiger partial charge >= 0.3 is 0 Å². The minimum absolute atomic E-state index is 0.298. The largest absolute Gasteiger partial charge is 0.379 e. The van der Waals surface area contributed by atoms with Crippen molar-refractivity contribution in [2.45, 2.75) is 32.4 Å². The molecule has 5 nitrogen and oxygen atoms in total. The number of amides is 1. The number of rotatable bonds is 5. The highest BCUT2D eigenvalue weighted by molar-refractivity contribution is 5.84. The van der Waals surface area contributed by atoms with E-state index in [1.165, 1.54) is 0 Å². The molecule has 0 aromatic carbocycles. The molecular formula is C11H23N3O2. The zero-order valence-corrected chi connectivity index (χ0v) is 10.5. The van der Waals surface area contributed by atoms with E-state index in [1.807, 2.05) is 13.8 Å². The molecule has 0 aromatic heterocycles. The number of nitrogens with one attached hydrogen (secondary N) is 1. The van der Waals surface area contributed by atoms with Crippen LogP contribution in [0.4, 0.5) is 0 Å². The van der Waals surface area contributed by atoms with Crippen LogP contribution in [-0.2, 0) is 9.53 Å². The maximum absolute atomic E-state index is 11.5. The van der Waals surface area contributed by atoms with E-state index in [9.17, 15) is 4.79 Å². The summed E-state index contributed by atoms with van der Waals surface area (Å²) in [5, 5.41) is 3.17. The molecular weight excluding hydrogens is 206 g/mol. The lowest BCUT2D eigenvalue weighted by Crippen LogP contribution is -2.62. The zero-order valence-electron chi connectivity index (χ0n) is 10.5. The molecule has 1 amide bonds. The molecule has 0 saturated carbocycles. The molecule has 3 N–H and O–H groups in total. The SMILES string of the molecule is CCNC(C)(CN1CCOCC1C)C(N)=O. The fourth-order valence-electron chi connectivity index (χ4n) is 2.01. The normalized spacial score (nSPS) is 26.3. The summed E-state index contributed by atoms with van der Waals surface area (Å²) in [6.45, 7) is 9.62. The monoisotopic (exact) mass is 229 g/mol. The third-order valence-electron chi connectivity index (χ3n) is 3.14. The summed E-state index contributed by atoms with van der Waals surface area (Å²) >= 11 is 0. The molecule has 1 heterocycles. The molecule has 2 atom stereocenters. The van der Waals surface area contributed by atoms with Crippen LogP contribution in [-0.4, -0.2) is 55.2 Å². The van der Waals surface area contributed by atoms with Gasteiger partial charge in [0.25, 0.3) is 0 Å². The number of hydrogen-bond acceptors (Lipinski definition) is 4. The summed E-state index contributed by atoms with van der Waals surface area (Å²) in [6, 6.07) is 0.339. The van der Waals surface area contributed by atoms with Gasteiger partial charge in [-0.3, -0.25) is 9.69 Å². The summed E-state index contributed by atoms with van der Waals surface area (Å²) in [6.07, 6.45) is 0. The second-order valence-electron chi connectivity index (χ2n) is 4.62. The summed E-state index contributed by atoms with van der Waals surface area (Å²) in [7, 11) is 0. The number of carbonyl (C=O) groups excluding carboxylic acids is 1. The fourth-order valence-corrected chi connectivity index (χ4v) is 2.01. The number of nitrogens with two attached hydrogens (primary N) is 1. The Morgan fingerprint density at radius 3 is 2.88 bits per heavy atom. The van der Waals surface area contributed by atoms with E-state index in [-0.39, 0.29) is 5.91 Å². The lowest BCUT2D eigenvalue weighted by molar-refractivity contribution is -0.125. The average molecular weight is 229 g/mol. The zero-order chi connectivity index (χ0) is 12.2. The molecule has 0 aliphatic carbocycles. The first kappa shape index (κ1) is 13.4. The number of carbonyl (C=O) groups is 1. The van der Waals surface area contributed by atoms with Gasteiger partial charge < -0.3 is 15.8 Å². The number of ether oxygens (including phenoxy) is 1. The first-order valence-electron chi connectivity index (χ1n) is 5.86. The van der Waals surface area contributed by atoms with E-state index in [1.54, 1.807) is 0 Å². The number of hydrogen-bond donors (Lipinski definition) is 2. The van der Waals surface area contributed by atoms with Crippen molar-refractivity contribution in [3.05, 3.63) is 0 Å². The summed E-state index contributed by atoms with van der Waals surface area (Å²) in [5.74, 6) is -0.298. The molecule has 0 aromatic rings. The Morgan fingerprint density at radius 2 is 2.38 bits per heavy atom. The number of nitrogens with zero attached hydrogens (tertiary/aromatic N) is 1. The molecule has 1 rings (SSSR count). The van der Waals surface area contributed by atoms with Gasteiger partial charge in [0, 0.05) is 19.1 Å². The van der Waals surface area contributed by atoms with Gasteiger partial charge in [-0.25, -0.2) is 0 Å². The number of morpholine rings is 1. The van der Waals surface area contributed by atoms with Crippen molar-refractivity contribution in [1.29, 1.82) is 0 Å². The van der Waals surface area contributed by atoms with Crippen LogP contribution < -0.4 is 11.1 Å². The molecule has 2 unspecified atom stereocenters. The maximum atomic E-state index is 11.5. The van der Waals surface area contributed by atoms with Crippen molar-refractivity contribution >= 4 is 5.91 Å². The van der Waals surface area contributed by atoms with Crippen LogP contribution in [0.1, 0.15) is 20.8 Å². The minimum Gasteiger partial charge on any atom is -0.379 e. The maximum Gasteiger partial charge on any atom is 0.238 e. The predicted octanol–water partition coefficient (Wildman–Crippen LogP) is -0.439. The quantitative estimate of drug-likeness (QED) is 0.671. The van der Waals surface area contributed by atoms with Crippen LogP contribution in [0.2, 0.25) is 0 Å². The van der Waals surface area contributed by atoms with Crippen LogP contribution in [0.25, 0.3) is 0 Å². The van der Waals surface area contributed by atoms with Crippen molar-refractivity contribution in [3.63, 3.8) is 0 Å². The molecule has 16 heavy (non-hydrogen) atoms. The van der Waals surface area contributed by atoms with Gasteiger partial charge in [0.15, 0.2) is 0 Å². The summed E-state index contributed by atoms with van der Waals surface area (Å²) < 4.78 is 5.37. The van der Waals surface area contributed by atoms with E-state index in [4.69, 9.17) is 10.5 Å². The van der Waals surface area contributed by atoms with E-state index in [2.05, 4.69) is 17.1 Å². The fraction of sp³-hybridized carbons (Fsp3) is 0.909. The summed E-state index contributed by atoms with van der Waals surface area (Å²) in [5.41, 5.74) is 4.81. The molecule has 1 aliphatic heterocycles. The van der Waals surface area contributed by atoms with Crippen molar-refractivity contribution < 1.29 is 9.53 Å². The van der Waals surface area contributed by atoms with Gasteiger partial charge in [0.2, 0.25) is 5.91 Å². The summed E-state index contributed by atoms with van der Waals surface area (Å²) in [4.78, 5) is 13.7. The van der Waals surface area contributed by atoms with Crippen LogP contribution in [0.15, 0.2) is 0 Å². The molecule has 0 radical (unpaired) electrons. The van der Waals surface area contributed by atoms with E-state index in [0.29, 0.717) is 12.6 Å². The Morgan fingerprint density at radius 1 is 1.69 bits per heavy atom. The molecule has 0 bridgehead atoms. The Hall–Kier alpha value is -0.650. The van der Waals surface area contributed by atoms with Crippen LogP contribution >= 0.6 is 0 Å². The van der Waals surface area contributed by atoms with Crippen molar-refractivity contribution in [2.75, 3.05) is 32.8 Å². The van der Waals surface area contributed by atoms with Gasteiger partial charge in [0.1, 0.15) is 5.54 Å². The standard InChI is InChI=1S/C11H23N3O2/c1-4-13-11(3,10(12)15)8-14-5-6-16-7-9(14)2/h9,13H,4-8H2,1-3H3,(H2,12,15). The second-order valence-corrected chi connectivity index (χ2v) is 4.62. The average Bonchev–Trinajstić information content (AvgIpc) is 2.21. The van der Waals surface area contributed by atoms with Crippen molar-refractivity contribution in [3.8, 4) is 0 Å². The highest BCUT2D eigenvalue weighted by Crippen LogP contribution is 2.12. The van der Waals surface area contributed by atoms with Gasteiger partial charge in [0.05, 0.1) is 13.2 Å². The van der Waals surface area contributed by atoms with Gasteiger partial charge in [-0.1, -0.05) is 6.92 Å². The Kier molecular flexibility index (Phi) is 4.70. The van der Waals surface area contributed by atoms with Crippen LogP contribution in [0, 0.1) is 0 Å². The third kappa shape index (κ3) is 3.17. The minimum atomic E-state index is -0.652. The third-order valence-corrected chi connectivity index (χ3v) is 3.14. The Balaban J connectivity index is 2.63. The molecule has 1 aliphatic rings. The second kappa shape index (κ2) is 5.61. The van der Waals surface area contributed by atoms with E-state index in [0.717, 1.165) is 26.3 Å². The molecule has 5 heteroatoms. The predicted molar refractivity (Wildman–Crippen MR) is 63.1 cm³/mol. The van der Waals surface area contributed by atoms with Gasteiger partial charge in [-0.05, 0) is 20.4 Å². The highest BCUT2D eigenvalue weighted by atomic mass is 16.5. The van der Waals surface area contributed by atoms with Crippen molar-refractivity contribution in [1.82, 2.24) is 10.2 Å². The van der Waals surface area contributed by atoms with Gasteiger partial charge in [-0.2, -0.15) is 0 Å². The van der Waals surface area contributed by atoms with Crippen LogP contribution in [0.3, 0.4) is 0 Å². The molecule has 1 fully saturated rings.